The molecule has 0 aromatic heterocycles. The summed E-state index contributed by atoms with van der Waals surface area (Å²) in [5.74, 6) is -0.0747. The minimum absolute atomic E-state index is 0.0266. The predicted molar refractivity (Wildman–Crippen MR) is 116 cm³/mol. The van der Waals surface area contributed by atoms with Gasteiger partial charge in [-0.2, -0.15) is 0 Å². The predicted octanol–water partition coefficient (Wildman–Crippen LogP) is 1.40. The lowest BCUT2D eigenvalue weighted by Gasteiger charge is -2.26. The summed E-state index contributed by atoms with van der Waals surface area (Å²) in [4.78, 5) is 11.9. The van der Waals surface area contributed by atoms with Crippen molar-refractivity contribution in [3.8, 4) is 0 Å². The number of amides is 1. The quantitative estimate of drug-likeness (QED) is 0.444. The molecule has 162 valence electrons. The van der Waals surface area contributed by atoms with Crippen LogP contribution in [0.1, 0.15) is 34.0 Å². The molecular weight excluding hydrogens is 404 g/mol. The van der Waals surface area contributed by atoms with Crippen LogP contribution < -0.4 is 21.1 Å². The van der Waals surface area contributed by atoms with Crippen LogP contribution in [0.4, 0.5) is 5.69 Å². The van der Waals surface area contributed by atoms with E-state index in [2.05, 4.69) is 16.0 Å². The van der Waals surface area contributed by atoms with Gasteiger partial charge in [-0.3, -0.25) is 4.79 Å². The van der Waals surface area contributed by atoms with E-state index in [1.807, 2.05) is 18.2 Å². The van der Waals surface area contributed by atoms with Crippen molar-refractivity contribution in [3.05, 3.63) is 59.2 Å². The summed E-state index contributed by atoms with van der Waals surface area (Å²) in [6.45, 7) is 2.91. The second-order valence-corrected chi connectivity index (χ2v) is 8.70. The zero-order chi connectivity index (χ0) is 21.6. The number of hydrogen-bond acceptors (Lipinski definition) is 6. The molecule has 2 aromatic carbocycles. The van der Waals surface area contributed by atoms with E-state index in [1.54, 1.807) is 19.2 Å². The number of rotatable bonds is 9. The number of carbonyl (C=O) groups excluding carboxylic acids is 1. The fourth-order valence-electron chi connectivity index (χ4n) is 3.48. The van der Waals surface area contributed by atoms with Crippen LogP contribution >= 0.6 is 0 Å². The minimum atomic E-state index is -3.66. The number of ether oxygens (including phenoxy) is 1. The molecule has 1 aliphatic heterocycles. The third-order valence-corrected chi connectivity index (χ3v) is 6.00. The van der Waals surface area contributed by atoms with Gasteiger partial charge in [0.05, 0.1) is 17.6 Å². The first kappa shape index (κ1) is 22.2. The zero-order valence-electron chi connectivity index (χ0n) is 17.0. The van der Waals surface area contributed by atoms with Crippen LogP contribution in [0.25, 0.3) is 0 Å². The van der Waals surface area contributed by atoms with Gasteiger partial charge in [-0.25, -0.2) is 13.6 Å². The van der Waals surface area contributed by atoms with E-state index in [1.165, 1.54) is 17.7 Å². The summed E-state index contributed by atoms with van der Waals surface area (Å²) in [7, 11) is -2.03. The molecule has 0 radical (unpaired) electrons. The molecule has 30 heavy (non-hydrogen) atoms. The van der Waals surface area contributed by atoms with E-state index in [9.17, 15) is 13.2 Å². The standard InChI is InChI=1S/C21H28N4O4S/c1-23-21(26)16-2-7-19-15(14-16)9-13-29-20(19)8-10-24-11-12-25-17-3-5-18(6-4-17)30(22,27)28/h2-7,14,20,24-25H,8-13H2,1H3,(H,23,26)(H2,22,27,28). The van der Waals surface area contributed by atoms with Crippen LogP contribution in [0.5, 0.6) is 0 Å². The second-order valence-electron chi connectivity index (χ2n) is 7.14. The molecule has 1 atom stereocenters. The van der Waals surface area contributed by atoms with Gasteiger partial charge in [-0.1, -0.05) is 6.07 Å². The Morgan fingerprint density at radius 3 is 2.60 bits per heavy atom. The van der Waals surface area contributed by atoms with Crippen LogP contribution in [0, 0.1) is 0 Å². The van der Waals surface area contributed by atoms with Crippen LogP contribution in [-0.4, -0.2) is 47.6 Å². The van der Waals surface area contributed by atoms with Crippen LogP contribution in [0.3, 0.4) is 0 Å². The Bertz CT molecular complexity index is 977. The summed E-state index contributed by atoms with van der Waals surface area (Å²) in [6, 6.07) is 12.2. The van der Waals surface area contributed by atoms with E-state index in [0.29, 0.717) is 18.7 Å². The van der Waals surface area contributed by atoms with Crippen molar-refractivity contribution in [2.45, 2.75) is 23.8 Å². The van der Waals surface area contributed by atoms with E-state index < -0.39 is 10.0 Å². The highest BCUT2D eigenvalue weighted by atomic mass is 32.2. The third-order valence-electron chi connectivity index (χ3n) is 5.07. The molecule has 8 nitrogen and oxygen atoms in total. The molecule has 1 unspecified atom stereocenters. The first-order valence-electron chi connectivity index (χ1n) is 9.92. The topological polar surface area (TPSA) is 123 Å². The summed E-state index contributed by atoms with van der Waals surface area (Å²) < 4.78 is 28.5. The minimum Gasteiger partial charge on any atom is -0.384 e. The highest BCUT2D eigenvalue weighted by molar-refractivity contribution is 7.89. The maximum Gasteiger partial charge on any atom is 0.251 e. The van der Waals surface area contributed by atoms with Crippen LogP contribution in [0.15, 0.2) is 47.4 Å². The molecule has 3 rings (SSSR count). The summed E-state index contributed by atoms with van der Waals surface area (Å²) in [5, 5.41) is 14.4. The fourth-order valence-corrected chi connectivity index (χ4v) is 3.99. The normalized spacial score (nSPS) is 16.0. The molecule has 1 heterocycles. The smallest absolute Gasteiger partial charge is 0.251 e. The van der Waals surface area contributed by atoms with Crippen molar-refractivity contribution < 1.29 is 17.9 Å². The largest absolute Gasteiger partial charge is 0.384 e. The molecule has 1 aliphatic rings. The first-order chi connectivity index (χ1) is 14.4. The lowest BCUT2D eigenvalue weighted by atomic mass is 9.93. The van der Waals surface area contributed by atoms with E-state index in [-0.39, 0.29) is 16.9 Å². The van der Waals surface area contributed by atoms with Gasteiger partial charge in [0.2, 0.25) is 10.0 Å². The highest BCUT2D eigenvalue weighted by Crippen LogP contribution is 2.30. The summed E-state index contributed by atoms with van der Waals surface area (Å²) in [6.07, 6.45) is 1.69. The number of hydrogen-bond donors (Lipinski definition) is 4. The SMILES string of the molecule is CNC(=O)c1ccc2c(c1)CCOC2CCNCCNc1ccc(S(N)(=O)=O)cc1. The van der Waals surface area contributed by atoms with Crippen molar-refractivity contribution in [2.24, 2.45) is 5.14 Å². The Morgan fingerprint density at radius 1 is 1.13 bits per heavy atom. The molecule has 0 fully saturated rings. The van der Waals surface area contributed by atoms with Crippen molar-refractivity contribution in [2.75, 3.05) is 38.6 Å². The third kappa shape index (κ3) is 5.79. The maximum absolute atomic E-state index is 11.8. The van der Waals surface area contributed by atoms with Crippen molar-refractivity contribution in [1.82, 2.24) is 10.6 Å². The molecule has 2 aromatic rings. The Morgan fingerprint density at radius 2 is 1.90 bits per heavy atom. The molecule has 0 bridgehead atoms. The number of primary sulfonamides is 1. The number of carbonyl (C=O) groups is 1. The average molecular weight is 433 g/mol. The fraction of sp³-hybridized carbons (Fsp3) is 0.381. The molecule has 0 aliphatic carbocycles. The van der Waals surface area contributed by atoms with Gasteiger partial charge in [0.25, 0.3) is 5.91 Å². The second kappa shape index (κ2) is 10.0. The lowest BCUT2D eigenvalue weighted by molar-refractivity contribution is 0.0368. The number of fused-ring (bicyclic) bond motifs is 1. The Balaban J connectivity index is 1.42. The van der Waals surface area contributed by atoms with Gasteiger partial charge >= 0.3 is 0 Å². The highest BCUT2D eigenvalue weighted by Gasteiger charge is 2.21. The number of benzene rings is 2. The van der Waals surface area contributed by atoms with Gasteiger partial charge in [0.1, 0.15) is 0 Å². The summed E-state index contributed by atoms with van der Waals surface area (Å²) in [5.41, 5.74) is 3.85. The maximum atomic E-state index is 11.8. The van der Waals surface area contributed by atoms with E-state index in [0.717, 1.165) is 37.2 Å². The molecule has 0 spiro atoms. The first-order valence-corrected chi connectivity index (χ1v) is 11.5. The van der Waals surface area contributed by atoms with Crippen molar-refractivity contribution >= 4 is 21.6 Å². The summed E-state index contributed by atoms with van der Waals surface area (Å²) >= 11 is 0. The van der Waals surface area contributed by atoms with E-state index in [4.69, 9.17) is 9.88 Å². The Hall–Kier alpha value is -2.46. The van der Waals surface area contributed by atoms with Gasteiger partial charge < -0.3 is 20.7 Å². The molecule has 0 saturated carbocycles. The number of nitrogens with two attached hydrogens (primary N) is 1. The number of nitrogens with one attached hydrogen (secondary N) is 3. The number of anilines is 1. The monoisotopic (exact) mass is 432 g/mol. The number of sulfonamides is 1. The van der Waals surface area contributed by atoms with Crippen LogP contribution in [0.2, 0.25) is 0 Å². The lowest BCUT2D eigenvalue weighted by Crippen LogP contribution is -2.26. The molecule has 0 saturated heterocycles. The van der Waals surface area contributed by atoms with Crippen molar-refractivity contribution in [3.63, 3.8) is 0 Å². The molecule has 9 heteroatoms. The van der Waals surface area contributed by atoms with Gasteiger partial charge in [0.15, 0.2) is 0 Å². The van der Waals surface area contributed by atoms with Crippen molar-refractivity contribution in [1.29, 1.82) is 0 Å². The van der Waals surface area contributed by atoms with Gasteiger partial charge in [-0.05, 0) is 66.9 Å². The average Bonchev–Trinajstić information content (AvgIpc) is 2.75. The van der Waals surface area contributed by atoms with E-state index >= 15 is 0 Å². The Labute approximate surface area is 177 Å². The van der Waals surface area contributed by atoms with Gasteiger partial charge in [0, 0.05) is 31.4 Å². The molecular formula is C21H28N4O4S. The Kier molecular flexibility index (Phi) is 7.43. The van der Waals surface area contributed by atoms with Crippen LogP contribution in [-0.2, 0) is 21.2 Å². The molecule has 5 N–H and O–H groups in total. The van der Waals surface area contributed by atoms with Gasteiger partial charge in [-0.15, -0.1) is 0 Å². The molecule has 1 amide bonds. The zero-order valence-corrected chi connectivity index (χ0v) is 17.8.